The summed E-state index contributed by atoms with van der Waals surface area (Å²) in [5.74, 6) is -0.813. The van der Waals surface area contributed by atoms with Gasteiger partial charge in [-0.25, -0.2) is 13.8 Å². The molecule has 1 aromatic heterocycles. The molecule has 5 heteroatoms. The molecule has 0 radical (unpaired) electrons. The van der Waals surface area contributed by atoms with Gasteiger partial charge in [0, 0.05) is 28.7 Å². The molecule has 106 valence electrons. The van der Waals surface area contributed by atoms with Crippen molar-refractivity contribution >= 4 is 28.0 Å². The highest BCUT2D eigenvalue weighted by Crippen LogP contribution is 2.31. The summed E-state index contributed by atoms with van der Waals surface area (Å²) in [6.45, 7) is 1.91. The maximum Gasteiger partial charge on any atom is 0.149 e. The Hall–Kier alpha value is -2.69. The fourth-order valence-corrected chi connectivity index (χ4v) is 2.32. The van der Waals surface area contributed by atoms with E-state index < -0.39 is 11.6 Å². The average molecular weight is 285 g/mol. The van der Waals surface area contributed by atoms with E-state index in [9.17, 15) is 8.78 Å². The topological polar surface area (TPSA) is 50.9 Å². The predicted octanol–water partition coefficient (Wildman–Crippen LogP) is 4.15. The largest absolute Gasteiger partial charge is 0.398 e. The van der Waals surface area contributed by atoms with E-state index in [0.717, 1.165) is 22.4 Å². The quantitative estimate of drug-likeness (QED) is 0.695. The highest BCUT2D eigenvalue weighted by atomic mass is 19.1. The van der Waals surface area contributed by atoms with Crippen molar-refractivity contribution in [3.8, 4) is 0 Å². The third kappa shape index (κ3) is 2.38. The summed E-state index contributed by atoms with van der Waals surface area (Å²) in [5, 5.41) is 4.55. The molecule has 0 fully saturated rings. The lowest BCUT2D eigenvalue weighted by atomic mass is 10.1. The Morgan fingerprint density at radius 3 is 2.71 bits per heavy atom. The Labute approximate surface area is 120 Å². The maximum absolute atomic E-state index is 13.7. The molecule has 3 nitrogen and oxygen atoms in total. The number of rotatable bonds is 2. The average Bonchev–Trinajstić information content (AvgIpc) is 2.44. The predicted molar refractivity (Wildman–Crippen MR) is 80.5 cm³/mol. The first-order valence-electron chi connectivity index (χ1n) is 6.42. The number of nitrogens with one attached hydrogen (secondary N) is 1. The normalized spacial score (nSPS) is 10.8. The second-order valence-corrected chi connectivity index (χ2v) is 4.81. The molecule has 0 saturated heterocycles. The van der Waals surface area contributed by atoms with Gasteiger partial charge in [0.15, 0.2) is 0 Å². The number of aromatic nitrogens is 1. The van der Waals surface area contributed by atoms with Crippen molar-refractivity contribution in [3.63, 3.8) is 0 Å². The molecule has 0 spiro atoms. The van der Waals surface area contributed by atoms with Crippen LogP contribution in [-0.4, -0.2) is 4.98 Å². The number of fused-ring (bicyclic) bond motifs is 1. The number of aryl methyl sites for hydroxylation is 1. The number of nitrogens with two attached hydrogens (primary N) is 1. The Kier molecular flexibility index (Phi) is 3.17. The first kappa shape index (κ1) is 13.3. The van der Waals surface area contributed by atoms with Gasteiger partial charge in [-0.1, -0.05) is 12.1 Å². The van der Waals surface area contributed by atoms with Gasteiger partial charge in [0.2, 0.25) is 0 Å². The molecular formula is C16H13F2N3. The lowest BCUT2D eigenvalue weighted by Crippen LogP contribution is -2.00. The zero-order valence-electron chi connectivity index (χ0n) is 11.3. The lowest BCUT2D eigenvalue weighted by molar-refractivity contribution is 0.586. The number of pyridine rings is 1. The molecule has 1 heterocycles. The summed E-state index contributed by atoms with van der Waals surface area (Å²) in [7, 11) is 0. The zero-order valence-corrected chi connectivity index (χ0v) is 11.3. The third-order valence-corrected chi connectivity index (χ3v) is 3.32. The van der Waals surface area contributed by atoms with E-state index in [4.69, 9.17) is 5.73 Å². The van der Waals surface area contributed by atoms with Gasteiger partial charge in [-0.15, -0.1) is 0 Å². The summed E-state index contributed by atoms with van der Waals surface area (Å²) in [5.41, 5.74) is 7.73. The summed E-state index contributed by atoms with van der Waals surface area (Å²) in [6.07, 6.45) is 1.67. The van der Waals surface area contributed by atoms with Crippen LogP contribution >= 0.6 is 0 Å². The Morgan fingerprint density at radius 1 is 1.14 bits per heavy atom. The zero-order chi connectivity index (χ0) is 15.0. The van der Waals surface area contributed by atoms with Gasteiger partial charge >= 0.3 is 0 Å². The minimum absolute atomic E-state index is 0.163. The van der Waals surface area contributed by atoms with Gasteiger partial charge in [0.25, 0.3) is 0 Å². The van der Waals surface area contributed by atoms with Crippen molar-refractivity contribution in [2.45, 2.75) is 6.92 Å². The van der Waals surface area contributed by atoms with Crippen LogP contribution in [0.15, 0.2) is 42.6 Å². The lowest BCUT2D eigenvalue weighted by Gasteiger charge is -2.12. The molecule has 0 atom stereocenters. The number of benzene rings is 2. The summed E-state index contributed by atoms with van der Waals surface area (Å²) in [4.78, 5) is 4.28. The fourth-order valence-electron chi connectivity index (χ4n) is 2.32. The van der Waals surface area contributed by atoms with E-state index >= 15 is 0 Å². The van der Waals surface area contributed by atoms with E-state index in [1.807, 2.05) is 19.1 Å². The maximum atomic E-state index is 13.7. The van der Waals surface area contributed by atoms with Gasteiger partial charge < -0.3 is 11.1 Å². The van der Waals surface area contributed by atoms with E-state index in [2.05, 4.69) is 10.3 Å². The van der Waals surface area contributed by atoms with Gasteiger partial charge in [0.1, 0.15) is 17.5 Å². The van der Waals surface area contributed by atoms with Crippen LogP contribution in [0.4, 0.5) is 26.0 Å². The smallest absolute Gasteiger partial charge is 0.149 e. The van der Waals surface area contributed by atoms with E-state index in [1.54, 1.807) is 12.3 Å². The summed E-state index contributed by atoms with van der Waals surface area (Å²) < 4.78 is 26.7. The molecule has 3 N–H and O–H groups in total. The van der Waals surface area contributed by atoms with Crippen molar-refractivity contribution in [3.05, 3.63) is 59.8 Å². The number of hydrogen-bond donors (Lipinski definition) is 2. The van der Waals surface area contributed by atoms with Crippen molar-refractivity contribution < 1.29 is 8.78 Å². The third-order valence-electron chi connectivity index (χ3n) is 3.32. The molecule has 3 rings (SSSR count). The molecular weight excluding hydrogens is 272 g/mol. The first-order valence-corrected chi connectivity index (χ1v) is 6.42. The standard InChI is InChI=1S/C16H13F2N3/c1-9-8-20-16(11-3-2-4-13(19)15(9)11)21-14-6-5-10(17)7-12(14)18/h2-8H,19H2,1H3,(H,20,21). The molecule has 0 aliphatic rings. The minimum Gasteiger partial charge on any atom is -0.398 e. The van der Waals surface area contributed by atoms with Crippen LogP contribution in [-0.2, 0) is 0 Å². The molecule has 0 aliphatic carbocycles. The molecule has 21 heavy (non-hydrogen) atoms. The number of nitrogen functional groups attached to an aromatic ring is 1. The van der Waals surface area contributed by atoms with Gasteiger partial charge in [-0.2, -0.15) is 0 Å². The van der Waals surface area contributed by atoms with Crippen LogP contribution in [0.2, 0.25) is 0 Å². The SMILES string of the molecule is Cc1cnc(Nc2ccc(F)cc2F)c2cccc(N)c12. The summed E-state index contributed by atoms with van der Waals surface area (Å²) in [6, 6.07) is 8.82. The van der Waals surface area contributed by atoms with Crippen molar-refractivity contribution in [2.75, 3.05) is 11.1 Å². The fraction of sp³-hybridized carbons (Fsp3) is 0.0625. The Morgan fingerprint density at radius 2 is 1.95 bits per heavy atom. The molecule has 3 aromatic rings. The van der Waals surface area contributed by atoms with Crippen LogP contribution in [0.3, 0.4) is 0 Å². The van der Waals surface area contributed by atoms with Crippen LogP contribution < -0.4 is 11.1 Å². The van der Waals surface area contributed by atoms with E-state index in [-0.39, 0.29) is 5.69 Å². The molecule has 0 bridgehead atoms. The van der Waals surface area contributed by atoms with Gasteiger partial charge in [-0.05, 0) is 30.7 Å². The molecule has 0 saturated carbocycles. The highest BCUT2D eigenvalue weighted by molar-refractivity contribution is 6.02. The van der Waals surface area contributed by atoms with Crippen LogP contribution in [0, 0.1) is 18.6 Å². The van der Waals surface area contributed by atoms with Crippen LogP contribution in [0.25, 0.3) is 10.8 Å². The molecule has 0 aliphatic heterocycles. The number of halogens is 2. The molecule has 0 amide bonds. The van der Waals surface area contributed by atoms with Crippen molar-refractivity contribution in [1.82, 2.24) is 4.98 Å². The molecule has 2 aromatic carbocycles. The number of nitrogens with zero attached hydrogens (tertiary/aromatic N) is 1. The van der Waals surface area contributed by atoms with Crippen LogP contribution in [0.1, 0.15) is 5.56 Å². The number of hydrogen-bond acceptors (Lipinski definition) is 3. The second-order valence-electron chi connectivity index (χ2n) is 4.81. The minimum atomic E-state index is -0.672. The van der Waals surface area contributed by atoms with E-state index in [1.165, 1.54) is 12.1 Å². The second kappa shape index (κ2) is 5.01. The van der Waals surface area contributed by atoms with E-state index in [0.29, 0.717) is 11.5 Å². The summed E-state index contributed by atoms with van der Waals surface area (Å²) >= 11 is 0. The van der Waals surface area contributed by atoms with Crippen molar-refractivity contribution in [1.29, 1.82) is 0 Å². The Bertz CT molecular complexity index is 823. The highest BCUT2D eigenvalue weighted by Gasteiger charge is 2.10. The van der Waals surface area contributed by atoms with Gasteiger partial charge in [0.05, 0.1) is 5.69 Å². The monoisotopic (exact) mass is 285 g/mol. The first-order chi connectivity index (χ1) is 10.1. The Balaban J connectivity index is 2.13. The van der Waals surface area contributed by atoms with Gasteiger partial charge in [-0.3, -0.25) is 0 Å². The number of anilines is 3. The van der Waals surface area contributed by atoms with Crippen molar-refractivity contribution in [2.24, 2.45) is 0 Å². The molecule has 0 unspecified atom stereocenters. The van der Waals surface area contributed by atoms with Crippen LogP contribution in [0.5, 0.6) is 0 Å².